The molecule has 1 aliphatic rings. The van der Waals surface area contributed by atoms with E-state index in [9.17, 15) is 5.11 Å². The predicted molar refractivity (Wildman–Crippen MR) is 85.3 cm³/mol. The highest BCUT2D eigenvalue weighted by atomic mass is 32.1. The van der Waals surface area contributed by atoms with Gasteiger partial charge in [0.05, 0.1) is 19.3 Å². The molecule has 0 aromatic heterocycles. The van der Waals surface area contributed by atoms with E-state index < -0.39 is 0 Å². The van der Waals surface area contributed by atoms with E-state index in [0.29, 0.717) is 11.7 Å². The van der Waals surface area contributed by atoms with Gasteiger partial charge in [0, 0.05) is 12.2 Å². The van der Waals surface area contributed by atoms with Crippen molar-refractivity contribution >= 4 is 23.0 Å². The summed E-state index contributed by atoms with van der Waals surface area (Å²) in [5.74, 6) is 0.857. The van der Waals surface area contributed by atoms with Crippen LogP contribution < -0.4 is 10.1 Å². The van der Waals surface area contributed by atoms with Gasteiger partial charge in [0.2, 0.25) is 0 Å². The smallest absolute Gasteiger partial charge is 0.173 e. The van der Waals surface area contributed by atoms with E-state index in [2.05, 4.69) is 10.2 Å². The molecule has 4 nitrogen and oxygen atoms in total. The largest absolute Gasteiger partial charge is 0.494 e. The highest BCUT2D eigenvalue weighted by Gasteiger charge is 2.23. The van der Waals surface area contributed by atoms with Gasteiger partial charge in [-0.25, -0.2) is 0 Å². The van der Waals surface area contributed by atoms with E-state index in [0.717, 1.165) is 37.2 Å². The van der Waals surface area contributed by atoms with Crippen molar-refractivity contribution < 1.29 is 9.84 Å². The lowest BCUT2D eigenvalue weighted by Crippen LogP contribution is -2.47. The van der Waals surface area contributed by atoms with Gasteiger partial charge in [0.15, 0.2) is 5.11 Å². The number of piperidine rings is 1. The zero-order valence-electron chi connectivity index (χ0n) is 11.8. The van der Waals surface area contributed by atoms with Gasteiger partial charge >= 0.3 is 0 Å². The number of nitrogens with one attached hydrogen (secondary N) is 1. The summed E-state index contributed by atoms with van der Waals surface area (Å²) in [5.41, 5.74) is 0.945. The Bertz CT molecular complexity index is 436. The van der Waals surface area contributed by atoms with Crippen LogP contribution in [0.25, 0.3) is 0 Å². The molecule has 0 saturated carbocycles. The van der Waals surface area contributed by atoms with Crippen LogP contribution in [-0.4, -0.2) is 40.9 Å². The third kappa shape index (κ3) is 3.84. The van der Waals surface area contributed by atoms with Crippen LogP contribution >= 0.6 is 12.2 Å². The van der Waals surface area contributed by atoms with Crippen molar-refractivity contribution in [1.82, 2.24) is 4.90 Å². The fourth-order valence-corrected chi connectivity index (χ4v) is 2.81. The quantitative estimate of drug-likeness (QED) is 0.836. The SMILES string of the molecule is CCOc1ccc(NC(=S)N2CCCCC2CO)cc1. The number of hydrogen-bond acceptors (Lipinski definition) is 3. The van der Waals surface area contributed by atoms with E-state index in [-0.39, 0.29) is 12.6 Å². The summed E-state index contributed by atoms with van der Waals surface area (Å²) >= 11 is 5.46. The Morgan fingerprint density at radius 3 is 2.80 bits per heavy atom. The Morgan fingerprint density at radius 1 is 1.40 bits per heavy atom. The van der Waals surface area contributed by atoms with Gasteiger partial charge < -0.3 is 20.1 Å². The summed E-state index contributed by atoms with van der Waals surface area (Å²) in [5, 5.41) is 13.4. The predicted octanol–water partition coefficient (Wildman–Crippen LogP) is 2.63. The van der Waals surface area contributed by atoms with Crippen LogP contribution in [0.15, 0.2) is 24.3 Å². The number of ether oxygens (including phenoxy) is 1. The van der Waals surface area contributed by atoms with E-state index in [1.165, 1.54) is 0 Å². The number of rotatable bonds is 4. The molecule has 2 rings (SSSR count). The maximum atomic E-state index is 9.43. The lowest BCUT2D eigenvalue weighted by atomic mass is 10.0. The lowest BCUT2D eigenvalue weighted by Gasteiger charge is -2.36. The number of aliphatic hydroxyl groups excluding tert-OH is 1. The molecule has 0 spiro atoms. The maximum absolute atomic E-state index is 9.43. The Labute approximate surface area is 125 Å². The molecule has 1 heterocycles. The van der Waals surface area contributed by atoms with Crippen LogP contribution in [0.1, 0.15) is 26.2 Å². The first-order valence-corrected chi connectivity index (χ1v) is 7.56. The molecular weight excluding hydrogens is 272 g/mol. The minimum absolute atomic E-state index is 0.145. The molecule has 1 unspecified atom stereocenters. The zero-order chi connectivity index (χ0) is 14.4. The van der Waals surface area contributed by atoms with Gasteiger partial charge in [0.25, 0.3) is 0 Å². The number of thiocarbonyl (C=S) groups is 1. The van der Waals surface area contributed by atoms with Crippen molar-refractivity contribution in [2.75, 3.05) is 25.1 Å². The van der Waals surface area contributed by atoms with Crippen molar-refractivity contribution in [3.05, 3.63) is 24.3 Å². The van der Waals surface area contributed by atoms with E-state index in [1.54, 1.807) is 0 Å². The first kappa shape index (κ1) is 15.1. The van der Waals surface area contributed by atoms with Crippen molar-refractivity contribution in [1.29, 1.82) is 0 Å². The Hall–Kier alpha value is -1.33. The number of likely N-dealkylation sites (tertiary alicyclic amines) is 1. The van der Waals surface area contributed by atoms with Crippen molar-refractivity contribution in [3.8, 4) is 5.75 Å². The summed E-state index contributed by atoms with van der Waals surface area (Å²) in [6.45, 7) is 3.70. The molecule has 20 heavy (non-hydrogen) atoms. The van der Waals surface area contributed by atoms with Crippen molar-refractivity contribution in [3.63, 3.8) is 0 Å². The second-order valence-corrected chi connectivity index (χ2v) is 5.30. The summed E-state index contributed by atoms with van der Waals surface area (Å²) in [4.78, 5) is 2.09. The second-order valence-electron chi connectivity index (χ2n) is 4.91. The minimum atomic E-state index is 0.145. The average molecular weight is 294 g/mol. The fourth-order valence-electron chi connectivity index (χ4n) is 2.45. The standard InChI is InChI=1S/C15H22N2O2S/c1-2-19-14-8-6-12(7-9-14)16-15(20)17-10-4-3-5-13(17)11-18/h6-9,13,18H,2-5,10-11H2,1H3,(H,16,20). The molecular formula is C15H22N2O2S. The Morgan fingerprint density at radius 2 is 2.15 bits per heavy atom. The van der Waals surface area contributed by atoms with Gasteiger partial charge in [-0.05, 0) is 62.7 Å². The topological polar surface area (TPSA) is 44.7 Å². The molecule has 0 amide bonds. The third-order valence-corrected chi connectivity index (χ3v) is 3.85. The first-order chi connectivity index (χ1) is 9.74. The maximum Gasteiger partial charge on any atom is 0.173 e. The number of nitrogens with zero attached hydrogens (tertiary/aromatic N) is 1. The molecule has 1 aromatic carbocycles. The van der Waals surface area contributed by atoms with Gasteiger partial charge in [-0.2, -0.15) is 0 Å². The molecule has 0 bridgehead atoms. The molecule has 1 aromatic rings. The van der Waals surface area contributed by atoms with Crippen molar-refractivity contribution in [2.45, 2.75) is 32.2 Å². The number of benzene rings is 1. The van der Waals surface area contributed by atoms with Gasteiger partial charge in [-0.15, -0.1) is 0 Å². The van der Waals surface area contributed by atoms with Crippen LogP contribution in [0.4, 0.5) is 5.69 Å². The monoisotopic (exact) mass is 294 g/mol. The zero-order valence-corrected chi connectivity index (χ0v) is 12.7. The molecule has 0 radical (unpaired) electrons. The highest BCUT2D eigenvalue weighted by Crippen LogP contribution is 2.20. The number of hydrogen-bond donors (Lipinski definition) is 2. The molecule has 1 atom stereocenters. The van der Waals surface area contributed by atoms with Crippen molar-refractivity contribution in [2.24, 2.45) is 0 Å². The van der Waals surface area contributed by atoms with Gasteiger partial charge in [-0.3, -0.25) is 0 Å². The van der Waals surface area contributed by atoms with Gasteiger partial charge in [-0.1, -0.05) is 0 Å². The Balaban J connectivity index is 1.96. The number of aliphatic hydroxyl groups is 1. The average Bonchev–Trinajstić information content (AvgIpc) is 2.49. The lowest BCUT2D eigenvalue weighted by molar-refractivity contribution is 0.149. The summed E-state index contributed by atoms with van der Waals surface area (Å²) in [6, 6.07) is 7.90. The molecule has 110 valence electrons. The van der Waals surface area contributed by atoms with Crippen LogP contribution in [0.5, 0.6) is 5.75 Å². The second kappa shape index (κ2) is 7.45. The highest BCUT2D eigenvalue weighted by molar-refractivity contribution is 7.80. The summed E-state index contributed by atoms with van der Waals surface area (Å²) in [6.07, 6.45) is 3.29. The summed E-state index contributed by atoms with van der Waals surface area (Å²) < 4.78 is 5.41. The van der Waals surface area contributed by atoms with Crippen LogP contribution in [0.2, 0.25) is 0 Å². The number of anilines is 1. The van der Waals surface area contributed by atoms with Gasteiger partial charge in [0.1, 0.15) is 5.75 Å². The third-order valence-electron chi connectivity index (χ3n) is 3.52. The molecule has 2 N–H and O–H groups in total. The molecule has 1 fully saturated rings. The molecule has 0 aliphatic carbocycles. The normalized spacial score (nSPS) is 18.7. The van der Waals surface area contributed by atoms with Crippen LogP contribution in [0, 0.1) is 0 Å². The fraction of sp³-hybridized carbons (Fsp3) is 0.533. The molecule has 5 heteroatoms. The van der Waals surface area contributed by atoms with E-state index in [4.69, 9.17) is 17.0 Å². The van der Waals surface area contributed by atoms with Crippen LogP contribution in [0.3, 0.4) is 0 Å². The summed E-state index contributed by atoms with van der Waals surface area (Å²) in [7, 11) is 0. The molecule has 1 aliphatic heterocycles. The van der Waals surface area contributed by atoms with Crippen LogP contribution in [-0.2, 0) is 0 Å². The van der Waals surface area contributed by atoms with E-state index in [1.807, 2.05) is 31.2 Å². The molecule has 1 saturated heterocycles. The minimum Gasteiger partial charge on any atom is -0.494 e. The Kier molecular flexibility index (Phi) is 5.61. The first-order valence-electron chi connectivity index (χ1n) is 7.16. The van der Waals surface area contributed by atoms with E-state index >= 15 is 0 Å².